The van der Waals surface area contributed by atoms with Gasteiger partial charge in [-0.2, -0.15) is 0 Å². The van der Waals surface area contributed by atoms with Crippen LogP contribution in [0.3, 0.4) is 0 Å². The highest BCUT2D eigenvalue weighted by Gasteiger charge is 2.33. The summed E-state index contributed by atoms with van der Waals surface area (Å²) in [6.45, 7) is 5.90. The van der Waals surface area contributed by atoms with Crippen molar-refractivity contribution in [2.75, 3.05) is 0 Å². The first-order valence-corrected chi connectivity index (χ1v) is 8.65. The largest absolute Gasteiger partial charge is 0.445 e. The molecule has 0 saturated carbocycles. The van der Waals surface area contributed by atoms with Gasteiger partial charge in [0.2, 0.25) is 0 Å². The first kappa shape index (κ1) is 14.0. The van der Waals surface area contributed by atoms with E-state index in [4.69, 9.17) is 8.23 Å². The van der Waals surface area contributed by atoms with Gasteiger partial charge in [0.15, 0.2) is 0 Å². The van der Waals surface area contributed by atoms with Crippen LogP contribution in [0, 0.1) is 0 Å². The van der Waals surface area contributed by atoms with E-state index in [0.717, 1.165) is 30.4 Å². The molecule has 0 radical (unpaired) electrons. The van der Waals surface area contributed by atoms with Crippen molar-refractivity contribution < 1.29 is 13.0 Å². The topological polar surface area (TPSA) is 35.5 Å². The molecule has 0 atom stereocenters. The van der Waals surface area contributed by atoms with Crippen LogP contribution in [0.4, 0.5) is 0 Å². The minimum atomic E-state index is -1.98. The second-order valence-electron chi connectivity index (χ2n) is 3.51. The van der Waals surface area contributed by atoms with Gasteiger partial charge in [-0.3, -0.25) is 0 Å². The molecule has 0 aliphatic carbocycles. The van der Waals surface area contributed by atoms with Crippen molar-refractivity contribution in [1.82, 2.24) is 0 Å². The molecule has 0 rings (SSSR count). The van der Waals surface area contributed by atoms with Gasteiger partial charge in [-0.1, -0.05) is 5.57 Å². The summed E-state index contributed by atoms with van der Waals surface area (Å²) in [5.41, 5.74) is 1.12. The molecule has 3 nitrogen and oxygen atoms in total. The Morgan fingerprint density at radius 3 is 2.43 bits per heavy atom. The van der Waals surface area contributed by atoms with Crippen LogP contribution < -0.4 is 0 Å². The van der Waals surface area contributed by atoms with Crippen molar-refractivity contribution >= 4 is 35.8 Å². The molecule has 0 unspecified atom stereocenters. The lowest BCUT2D eigenvalue weighted by Gasteiger charge is -2.28. The SMILES string of the molecule is C=C(C)C[Si](CCCC=O)(O[SiH3])O[SiH3]. The Bertz CT molecular complexity index is 192. The molecular weight excluding hydrogens is 228 g/mol. The Morgan fingerprint density at radius 2 is 2.07 bits per heavy atom. The van der Waals surface area contributed by atoms with Gasteiger partial charge in [-0.15, -0.1) is 6.58 Å². The summed E-state index contributed by atoms with van der Waals surface area (Å²) >= 11 is 0. The molecule has 0 heterocycles. The lowest BCUT2D eigenvalue weighted by molar-refractivity contribution is -0.107. The number of carbonyl (C=O) groups excluding carboxylic acids is 1. The third-order valence-electron chi connectivity index (χ3n) is 2.19. The second kappa shape index (κ2) is 7.30. The van der Waals surface area contributed by atoms with Gasteiger partial charge in [0.1, 0.15) is 27.3 Å². The van der Waals surface area contributed by atoms with Gasteiger partial charge >= 0.3 is 8.56 Å². The van der Waals surface area contributed by atoms with Gasteiger partial charge in [0, 0.05) is 12.5 Å². The summed E-state index contributed by atoms with van der Waals surface area (Å²) in [4.78, 5) is 10.2. The van der Waals surface area contributed by atoms with E-state index in [0.29, 0.717) is 27.4 Å². The van der Waals surface area contributed by atoms with Gasteiger partial charge in [-0.05, 0) is 19.4 Å². The van der Waals surface area contributed by atoms with Gasteiger partial charge in [0.05, 0.1) is 0 Å². The maximum atomic E-state index is 10.2. The van der Waals surface area contributed by atoms with E-state index in [1.807, 2.05) is 6.92 Å². The van der Waals surface area contributed by atoms with E-state index in [1.165, 1.54) is 0 Å². The number of rotatable bonds is 8. The average molecular weight is 249 g/mol. The molecule has 0 spiro atoms. The van der Waals surface area contributed by atoms with Crippen LogP contribution in [0.5, 0.6) is 0 Å². The molecule has 6 heteroatoms. The Morgan fingerprint density at radius 1 is 1.50 bits per heavy atom. The molecule has 0 aliphatic heterocycles. The molecule has 0 bridgehead atoms. The second-order valence-corrected chi connectivity index (χ2v) is 9.45. The van der Waals surface area contributed by atoms with Gasteiger partial charge < -0.3 is 13.0 Å². The minimum absolute atomic E-state index is 0.612. The van der Waals surface area contributed by atoms with Crippen LogP contribution in [0.15, 0.2) is 12.2 Å². The third-order valence-corrected chi connectivity index (χ3v) is 10.4. The first-order chi connectivity index (χ1) is 6.60. The zero-order chi connectivity index (χ0) is 11.0. The number of hydrogen-bond donors (Lipinski definition) is 0. The molecular formula is C8H20O3Si3. The Kier molecular flexibility index (Phi) is 7.29. The summed E-state index contributed by atoms with van der Waals surface area (Å²) < 4.78 is 11.3. The van der Waals surface area contributed by atoms with E-state index in [-0.39, 0.29) is 0 Å². The monoisotopic (exact) mass is 248 g/mol. The predicted molar refractivity (Wildman–Crippen MR) is 67.5 cm³/mol. The van der Waals surface area contributed by atoms with Gasteiger partial charge in [0.25, 0.3) is 0 Å². The fourth-order valence-corrected chi connectivity index (χ4v) is 8.23. The summed E-state index contributed by atoms with van der Waals surface area (Å²) in [5.74, 6) is 0. The number of aldehydes is 1. The van der Waals surface area contributed by atoms with Crippen molar-refractivity contribution in [3.05, 3.63) is 12.2 Å². The summed E-state index contributed by atoms with van der Waals surface area (Å²) in [6, 6.07) is 1.80. The van der Waals surface area contributed by atoms with Crippen molar-refractivity contribution in [1.29, 1.82) is 0 Å². The first-order valence-electron chi connectivity index (χ1n) is 4.78. The quantitative estimate of drug-likeness (QED) is 0.253. The number of hydrogen-bond acceptors (Lipinski definition) is 3. The Labute approximate surface area is 93.2 Å². The molecule has 0 N–H and O–H groups in total. The molecule has 82 valence electrons. The lowest BCUT2D eigenvalue weighted by Crippen LogP contribution is -2.41. The van der Waals surface area contributed by atoms with E-state index in [9.17, 15) is 4.79 Å². The highest BCUT2D eigenvalue weighted by Crippen LogP contribution is 2.23. The highest BCUT2D eigenvalue weighted by molar-refractivity contribution is 6.73. The molecule has 0 amide bonds. The predicted octanol–water partition coefficient (Wildman–Crippen LogP) is -0.422. The Hall–Kier alpha value is -0.0194. The highest BCUT2D eigenvalue weighted by atomic mass is 28.4. The van der Waals surface area contributed by atoms with E-state index in [1.54, 1.807) is 0 Å². The molecule has 0 aromatic carbocycles. The van der Waals surface area contributed by atoms with Crippen LogP contribution in [-0.2, 0) is 13.0 Å². The molecule has 0 saturated heterocycles. The fraction of sp³-hybridized carbons (Fsp3) is 0.625. The standard InChI is InChI=1S/C8H20O3Si3/c1-8(2)7-14(10-12,11-13)6-4-3-5-9/h5H,1,3-4,6-7H2,2,12-13H3. The van der Waals surface area contributed by atoms with Gasteiger partial charge in [-0.25, -0.2) is 0 Å². The molecule has 0 aromatic rings. The van der Waals surface area contributed by atoms with Crippen molar-refractivity contribution in [3.63, 3.8) is 0 Å². The Balaban J connectivity index is 4.20. The smallest absolute Gasteiger partial charge is 0.320 e. The van der Waals surface area contributed by atoms with Crippen LogP contribution >= 0.6 is 0 Å². The maximum absolute atomic E-state index is 10.2. The van der Waals surface area contributed by atoms with E-state index < -0.39 is 8.56 Å². The van der Waals surface area contributed by atoms with Crippen LogP contribution in [-0.4, -0.2) is 35.8 Å². The number of unbranched alkanes of at least 4 members (excludes halogenated alkanes) is 1. The van der Waals surface area contributed by atoms with Crippen molar-refractivity contribution in [2.45, 2.75) is 31.9 Å². The van der Waals surface area contributed by atoms with E-state index >= 15 is 0 Å². The van der Waals surface area contributed by atoms with Crippen molar-refractivity contribution in [2.24, 2.45) is 0 Å². The summed E-state index contributed by atoms with van der Waals surface area (Å²) in [7, 11) is -0.561. The number of carbonyl (C=O) groups is 1. The minimum Gasteiger partial charge on any atom is -0.445 e. The fourth-order valence-electron chi connectivity index (χ4n) is 1.43. The molecule has 14 heavy (non-hydrogen) atoms. The molecule has 0 aromatic heterocycles. The average Bonchev–Trinajstić information content (AvgIpc) is 2.16. The number of allylic oxidation sites excluding steroid dienone is 1. The lowest BCUT2D eigenvalue weighted by atomic mass is 10.4. The van der Waals surface area contributed by atoms with Crippen LogP contribution in [0.25, 0.3) is 0 Å². The van der Waals surface area contributed by atoms with E-state index in [2.05, 4.69) is 6.58 Å². The third kappa shape index (κ3) is 5.01. The summed E-state index contributed by atoms with van der Waals surface area (Å²) in [5, 5.41) is 0. The van der Waals surface area contributed by atoms with Crippen LogP contribution in [0.1, 0.15) is 19.8 Å². The normalized spacial score (nSPS) is 15.2. The van der Waals surface area contributed by atoms with Crippen molar-refractivity contribution in [3.8, 4) is 0 Å². The van der Waals surface area contributed by atoms with Crippen LogP contribution in [0.2, 0.25) is 12.1 Å². The maximum Gasteiger partial charge on any atom is 0.320 e. The summed E-state index contributed by atoms with van der Waals surface area (Å²) in [6.07, 6.45) is 2.45. The molecule has 0 fully saturated rings. The zero-order valence-electron chi connectivity index (χ0n) is 9.34. The molecule has 0 aliphatic rings. The zero-order valence-corrected chi connectivity index (χ0v) is 14.3.